The Morgan fingerprint density at radius 3 is 2.24 bits per heavy atom. The zero-order valence-corrected chi connectivity index (χ0v) is 19.3. The van der Waals surface area contributed by atoms with E-state index in [1.807, 2.05) is 0 Å². The normalized spacial score (nSPS) is 19.1. The van der Waals surface area contributed by atoms with Crippen molar-refractivity contribution in [2.24, 2.45) is 0 Å². The zero-order valence-electron chi connectivity index (χ0n) is 19.3. The van der Waals surface area contributed by atoms with Crippen molar-refractivity contribution < 1.29 is 23.5 Å². The van der Waals surface area contributed by atoms with Gasteiger partial charge in [0.1, 0.15) is 25.1 Å². The number of nitrogens with one attached hydrogen (secondary N) is 1. The summed E-state index contributed by atoms with van der Waals surface area (Å²) in [6, 6.07) is 10.4. The van der Waals surface area contributed by atoms with Gasteiger partial charge in [0, 0.05) is 17.6 Å². The van der Waals surface area contributed by atoms with E-state index in [4.69, 9.17) is 9.47 Å². The molecule has 0 saturated heterocycles. The van der Waals surface area contributed by atoms with Gasteiger partial charge in [-0.25, -0.2) is 4.39 Å². The van der Waals surface area contributed by atoms with Crippen LogP contribution in [0.5, 0.6) is 11.5 Å². The Morgan fingerprint density at radius 2 is 1.53 bits per heavy atom. The third-order valence-electron chi connectivity index (χ3n) is 7.16. The van der Waals surface area contributed by atoms with E-state index in [0.29, 0.717) is 35.8 Å². The molecule has 1 atom stereocenters. The summed E-state index contributed by atoms with van der Waals surface area (Å²) in [6.45, 7) is 0.904. The van der Waals surface area contributed by atoms with Gasteiger partial charge in [0.2, 0.25) is 5.91 Å². The second kappa shape index (κ2) is 10.0. The highest BCUT2D eigenvalue weighted by Crippen LogP contribution is 2.36. The maximum Gasteiger partial charge on any atom is 0.255 e. The van der Waals surface area contributed by atoms with Gasteiger partial charge in [0.05, 0.1) is 0 Å². The van der Waals surface area contributed by atoms with E-state index in [0.717, 1.165) is 51.4 Å². The Kier molecular flexibility index (Phi) is 6.70. The minimum Gasteiger partial charge on any atom is -0.486 e. The summed E-state index contributed by atoms with van der Waals surface area (Å²) in [4.78, 5) is 29.5. The van der Waals surface area contributed by atoms with Crippen LogP contribution in [0.4, 0.5) is 4.39 Å². The first kappa shape index (κ1) is 22.7. The highest BCUT2D eigenvalue weighted by molar-refractivity contribution is 5.98. The van der Waals surface area contributed by atoms with Crippen molar-refractivity contribution in [2.75, 3.05) is 13.2 Å². The molecule has 3 aliphatic rings. The van der Waals surface area contributed by atoms with Crippen LogP contribution in [0.1, 0.15) is 73.3 Å². The molecular weight excluding hydrogens is 435 g/mol. The van der Waals surface area contributed by atoms with Crippen LogP contribution in [-0.2, 0) is 4.79 Å². The zero-order chi connectivity index (χ0) is 23.5. The SMILES string of the molecule is O=C(NC1CCCC1)[C@H](c1ccc(F)cc1)N(C(=O)c1ccc2c(c1)OCCO2)C1CCCC1. The molecule has 2 aliphatic carbocycles. The Balaban J connectivity index is 1.52. The smallest absolute Gasteiger partial charge is 0.255 e. The van der Waals surface area contributed by atoms with Crippen LogP contribution in [0.3, 0.4) is 0 Å². The molecule has 2 aromatic rings. The highest BCUT2D eigenvalue weighted by atomic mass is 19.1. The third-order valence-corrected chi connectivity index (χ3v) is 7.16. The fraction of sp³-hybridized carbons (Fsp3) is 0.481. The summed E-state index contributed by atoms with van der Waals surface area (Å²) in [7, 11) is 0. The number of carbonyl (C=O) groups is 2. The number of rotatable bonds is 6. The Labute approximate surface area is 199 Å². The van der Waals surface area contributed by atoms with Gasteiger partial charge in [-0.05, 0) is 61.6 Å². The second-order valence-electron chi connectivity index (χ2n) is 9.45. The van der Waals surface area contributed by atoms with Crippen molar-refractivity contribution in [2.45, 2.75) is 69.5 Å². The topological polar surface area (TPSA) is 67.9 Å². The van der Waals surface area contributed by atoms with Crippen LogP contribution < -0.4 is 14.8 Å². The lowest BCUT2D eigenvalue weighted by molar-refractivity contribution is -0.127. The van der Waals surface area contributed by atoms with Gasteiger partial charge in [0.25, 0.3) is 5.91 Å². The molecule has 2 aromatic carbocycles. The second-order valence-corrected chi connectivity index (χ2v) is 9.45. The molecule has 6 nitrogen and oxygen atoms in total. The maximum atomic E-state index is 14.0. The molecular formula is C27H31FN2O4. The number of amides is 2. The molecule has 7 heteroatoms. The molecule has 0 radical (unpaired) electrons. The quantitative estimate of drug-likeness (QED) is 0.665. The van der Waals surface area contributed by atoms with Crippen molar-refractivity contribution in [3.8, 4) is 11.5 Å². The largest absolute Gasteiger partial charge is 0.486 e. The lowest BCUT2D eigenvalue weighted by Gasteiger charge is -2.37. The average molecular weight is 467 g/mol. The number of hydrogen-bond acceptors (Lipinski definition) is 4. The number of nitrogens with zero attached hydrogens (tertiary/aromatic N) is 1. The molecule has 180 valence electrons. The Hall–Kier alpha value is -3.09. The van der Waals surface area contributed by atoms with Gasteiger partial charge in [-0.15, -0.1) is 0 Å². The number of fused-ring (bicyclic) bond motifs is 1. The van der Waals surface area contributed by atoms with Crippen molar-refractivity contribution in [1.82, 2.24) is 10.2 Å². The van der Waals surface area contributed by atoms with E-state index in [2.05, 4.69) is 5.32 Å². The van der Waals surface area contributed by atoms with Crippen molar-refractivity contribution in [1.29, 1.82) is 0 Å². The molecule has 1 aliphatic heterocycles. The van der Waals surface area contributed by atoms with Crippen molar-refractivity contribution in [3.05, 3.63) is 59.4 Å². The van der Waals surface area contributed by atoms with E-state index in [-0.39, 0.29) is 29.7 Å². The number of hydrogen-bond donors (Lipinski definition) is 1. The Bertz CT molecular complexity index is 1030. The summed E-state index contributed by atoms with van der Waals surface area (Å²) in [5.74, 6) is 0.363. The van der Waals surface area contributed by atoms with Crippen LogP contribution in [0.2, 0.25) is 0 Å². The van der Waals surface area contributed by atoms with Crippen molar-refractivity contribution >= 4 is 11.8 Å². The van der Waals surface area contributed by atoms with E-state index in [1.165, 1.54) is 12.1 Å². The number of carbonyl (C=O) groups excluding carboxylic acids is 2. The summed E-state index contributed by atoms with van der Waals surface area (Å²) in [5, 5.41) is 3.18. The highest BCUT2D eigenvalue weighted by Gasteiger charge is 2.39. The fourth-order valence-electron chi connectivity index (χ4n) is 5.44. The molecule has 0 bridgehead atoms. The molecule has 34 heavy (non-hydrogen) atoms. The monoisotopic (exact) mass is 466 g/mol. The van der Waals surface area contributed by atoms with Gasteiger partial charge in [-0.1, -0.05) is 37.8 Å². The van der Waals surface area contributed by atoms with Crippen molar-refractivity contribution in [3.63, 3.8) is 0 Å². The molecule has 2 amide bonds. The number of benzene rings is 2. The average Bonchev–Trinajstić information content (AvgIpc) is 3.57. The maximum absolute atomic E-state index is 14.0. The minimum absolute atomic E-state index is 0.0647. The summed E-state index contributed by atoms with van der Waals surface area (Å²) in [5.41, 5.74) is 1.08. The molecule has 0 spiro atoms. The van der Waals surface area contributed by atoms with E-state index >= 15 is 0 Å². The lowest BCUT2D eigenvalue weighted by atomic mass is 9.99. The van der Waals surface area contributed by atoms with E-state index in [1.54, 1.807) is 35.2 Å². The summed E-state index contributed by atoms with van der Waals surface area (Å²) >= 11 is 0. The molecule has 2 saturated carbocycles. The molecule has 0 unspecified atom stereocenters. The predicted molar refractivity (Wildman–Crippen MR) is 125 cm³/mol. The van der Waals surface area contributed by atoms with E-state index < -0.39 is 6.04 Å². The molecule has 1 N–H and O–H groups in total. The van der Waals surface area contributed by atoms with Gasteiger partial charge < -0.3 is 19.7 Å². The fourth-order valence-corrected chi connectivity index (χ4v) is 5.44. The standard InChI is InChI=1S/C27H31FN2O4/c28-20-12-9-18(10-13-20)25(26(31)29-21-5-1-2-6-21)30(22-7-3-4-8-22)27(32)19-11-14-23-24(17-19)34-16-15-33-23/h9-14,17,21-22,25H,1-8,15-16H2,(H,29,31)/t25-/m0/s1. The first-order chi connectivity index (χ1) is 16.6. The summed E-state index contributed by atoms with van der Waals surface area (Å²) in [6.07, 6.45) is 7.77. The van der Waals surface area contributed by atoms with Crippen LogP contribution in [-0.4, -0.2) is 42.0 Å². The van der Waals surface area contributed by atoms with Gasteiger partial charge in [0.15, 0.2) is 11.5 Å². The first-order valence-corrected chi connectivity index (χ1v) is 12.4. The van der Waals surface area contributed by atoms with E-state index in [9.17, 15) is 14.0 Å². The Morgan fingerprint density at radius 1 is 0.882 bits per heavy atom. The van der Waals surface area contributed by atoms with Crippen LogP contribution in [0.25, 0.3) is 0 Å². The number of halogens is 1. The predicted octanol–water partition coefficient (Wildman–Crippen LogP) is 4.78. The minimum atomic E-state index is -0.829. The third kappa shape index (κ3) is 4.74. The summed E-state index contributed by atoms with van der Waals surface area (Å²) < 4.78 is 25.1. The van der Waals surface area contributed by atoms with Gasteiger partial charge in [-0.3, -0.25) is 9.59 Å². The van der Waals surface area contributed by atoms with Crippen LogP contribution in [0, 0.1) is 5.82 Å². The van der Waals surface area contributed by atoms with Crippen LogP contribution in [0.15, 0.2) is 42.5 Å². The molecule has 1 heterocycles. The number of ether oxygens (including phenoxy) is 2. The van der Waals surface area contributed by atoms with Gasteiger partial charge in [-0.2, -0.15) is 0 Å². The van der Waals surface area contributed by atoms with Gasteiger partial charge >= 0.3 is 0 Å². The molecule has 0 aromatic heterocycles. The van der Waals surface area contributed by atoms with Crippen LogP contribution >= 0.6 is 0 Å². The first-order valence-electron chi connectivity index (χ1n) is 12.4. The lowest BCUT2D eigenvalue weighted by Crippen LogP contribution is -2.49. The molecule has 5 rings (SSSR count). The molecule has 2 fully saturated rings.